The van der Waals surface area contributed by atoms with Gasteiger partial charge in [-0.2, -0.15) is 5.26 Å². The topological polar surface area (TPSA) is 68.9 Å². The van der Waals surface area contributed by atoms with Gasteiger partial charge in [0.1, 0.15) is 6.04 Å². The summed E-state index contributed by atoms with van der Waals surface area (Å²) in [5, 5.41) is 22.4. The number of pyridine rings is 1. The first-order valence-electron chi connectivity index (χ1n) is 5.55. The molecule has 1 aromatic carbocycles. The number of halogens is 1. The summed E-state index contributed by atoms with van der Waals surface area (Å²) in [4.78, 5) is 4.28. The molecule has 0 spiro atoms. The van der Waals surface area contributed by atoms with Gasteiger partial charge in [0.15, 0.2) is 0 Å². The molecule has 2 N–H and O–H groups in total. The lowest BCUT2D eigenvalue weighted by molar-refractivity contribution is 0.289. The van der Waals surface area contributed by atoms with Crippen molar-refractivity contribution < 1.29 is 5.11 Å². The smallest absolute Gasteiger partial charge is 0.123 e. The van der Waals surface area contributed by atoms with Crippen LogP contribution in [-0.2, 0) is 0 Å². The van der Waals surface area contributed by atoms with Crippen LogP contribution in [0.3, 0.4) is 0 Å². The maximum Gasteiger partial charge on any atom is 0.123 e. The van der Waals surface area contributed by atoms with Gasteiger partial charge in [0.25, 0.3) is 0 Å². The summed E-state index contributed by atoms with van der Waals surface area (Å²) in [6, 6.07) is 8.87. The van der Waals surface area contributed by atoms with Crippen LogP contribution in [0.4, 0.5) is 0 Å². The van der Waals surface area contributed by atoms with Crippen LogP contribution in [0.15, 0.2) is 30.5 Å². The first-order valence-corrected chi connectivity index (χ1v) is 5.92. The highest BCUT2D eigenvalue weighted by Gasteiger charge is 2.14. The normalized spacial score (nSPS) is 12.3. The molecule has 1 heterocycles. The van der Waals surface area contributed by atoms with Crippen molar-refractivity contribution in [1.82, 2.24) is 10.3 Å². The molecule has 18 heavy (non-hydrogen) atoms. The van der Waals surface area contributed by atoms with Crippen molar-refractivity contribution in [3.8, 4) is 6.07 Å². The van der Waals surface area contributed by atoms with Crippen LogP contribution in [0.2, 0.25) is 5.02 Å². The third-order valence-electron chi connectivity index (χ3n) is 2.65. The van der Waals surface area contributed by atoms with Gasteiger partial charge in [0, 0.05) is 28.7 Å². The Hall–Kier alpha value is -1.67. The lowest BCUT2D eigenvalue weighted by Crippen LogP contribution is -2.23. The number of fused-ring (bicyclic) bond motifs is 1. The van der Waals surface area contributed by atoms with Crippen LogP contribution in [0.25, 0.3) is 10.9 Å². The van der Waals surface area contributed by atoms with Crippen LogP contribution >= 0.6 is 11.6 Å². The number of aliphatic hydroxyl groups excluding tert-OH is 1. The van der Waals surface area contributed by atoms with E-state index in [4.69, 9.17) is 16.7 Å². The molecular weight excluding hydrogens is 250 g/mol. The SMILES string of the molecule is N#CC(NCCO)c1ccc(Cl)c2cccnc12. The maximum atomic E-state index is 9.18. The van der Waals surface area contributed by atoms with Crippen molar-refractivity contribution in [2.45, 2.75) is 6.04 Å². The van der Waals surface area contributed by atoms with Gasteiger partial charge in [-0.1, -0.05) is 17.7 Å². The van der Waals surface area contributed by atoms with Crippen LogP contribution in [0, 0.1) is 11.3 Å². The van der Waals surface area contributed by atoms with Gasteiger partial charge < -0.3 is 5.11 Å². The van der Waals surface area contributed by atoms with Crippen LogP contribution in [-0.4, -0.2) is 23.2 Å². The molecule has 4 nitrogen and oxygen atoms in total. The van der Waals surface area contributed by atoms with E-state index in [1.807, 2.05) is 6.07 Å². The van der Waals surface area contributed by atoms with Crippen molar-refractivity contribution >= 4 is 22.5 Å². The summed E-state index contributed by atoms with van der Waals surface area (Å²) in [5.41, 5.74) is 1.48. The summed E-state index contributed by atoms with van der Waals surface area (Å²) < 4.78 is 0. The number of nitrogens with zero attached hydrogens (tertiary/aromatic N) is 2. The standard InChI is InChI=1S/C13H12ClN3O/c14-11-4-3-10(12(8-15)16-6-7-18)13-9(11)2-1-5-17-13/h1-5,12,16,18H,6-7H2. The number of nitrogens with one attached hydrogen (secondary N) is 1. The van der Waals surface area contributed by atoms with E-state index in [-0.39, 0.29) is 6.61 Å². The van der Waals surface area contributed by atoms with Gasteiger partial charge in [-0.3, -0.25) is 10.3 Å². The van der Waals surface area contributed by atoms with Crippen molar-refractivity contribution in [3.63, 3.8) is 0 Å². The fraction of sp³-hybridized carbons (Fsp3) is 0.231. The second-order valence-corrected chi connectivity index (χ2v) is 4.18. The lowest BCUT2D eigenvalue weighted by Gasteiger charge is -2.13. The molecular formula is C13H12ClN3O. The number of aliphatic hydroxyl groups is 1. The summed E-state index contributed by atoms with van der Waals surface area (Å²) in [7, 11) is 0. The largest absolute Gasteiger partial charge is 0.395 e. The zero-order chi connectivity index (χ0) is 13.0. The second kappa shape index (κ2) is 5.78. The lowest BCUT2D eigenvalue weighted by atomic mass is 10.0. The molecule has 1 unspecified atom stereocenters. The molecule has 0 amide bonds. The average Bonchev–Trinajstić information content (AvgIpc) is 2.42. The Kier molecular flexibility index (Phi) is 4.11. The molecule has 2 aromatic rings. The van der Waals surface area contributed by atoms with Gasteiger partial charge in [0.05, 0.1) is 18.2 Å². The highest BCUT2D eigenvalue weighted by Crippen LogP contribution is 2.28. The van der Waals surface area contributed by atoms with Gasteiger partial charge in [-0.05, 0) is 18.2 Å². The third kappa shape index (κ3) is 2.44. The number of hydrogen-bond donors (Lipinski definition) is 2. The Morgan fingerprint density at radius 3 is 3.00 bits per heavy atom. The first kappa shape index (κ1) is 12.8. The number of aromatic nitrogens is 1. The zero-order valence-corrected chi connectivity index (χ0v) is 10.4. The number of rotatable bonds is 4. The number of nitriles is 1. The van der Waals surface area contributed by atoms with E-state index >= 15 is 0 Å². The highest BCUT2D eigenvalue weighted by molar-refractivity contribution is 6.35. The van der Waals surface area contributed by atoms with E-state index in [0.29, 0.717) is 17.1 Å². The quantitative estimate of drug-likeness (QED) is 0.884. The molecule has 0 saturated heterocycles. The van der Waals surface area contributed by atoms with Crippen molar-refractivity contribution in [2.75, 3.05) is 13.2 Å². The van der Waals surface area contributed by atoms with E-state index < -0.39 is 6.04 Å². The Balaban J connectivity index is 2.50. The Bertz CT molecular complexity index is 594. The van der Waals surface area contributed by atoms with Crippen molar-refractivity contribution in [1.29, 1.82) is 5.26 Å². The Labute approximate surface area is 110 Å². The van der Waals surface area contributed by atoms with E-state index in [0.717, 1.165) is 10.9 Å². The molecule has 0 aliphatic rings. The molecule has 5 heteroatoms. The summed E-state index contributed by atoms with van der Waals surface area (Å²) >= 11 is 6.10. The molecule has 0 aliphatic carbocycles. The van der Waals surface area contributed by atoms with E-state index in [1.54, 1.807) is 24.4 Å². The van der Waals surface area contributed by atoms with E-state index in [1.165, 1.54) is 0 Å². The minimum Gasteiger partial charge on any atom is -0.395 e. The monoisotopic (exact) mass is 261 g/mol. The van der Waals surface area contributed by atoms with Crippen LogP contribution < -0.4 is 5.32 Å². The number of benzene rings is 1. The number of hydrogen-bond acceptors (Lipinski definition) is 4. The highest BCUT2D eigenvalue weighted by atomic mass is 35.5. The fourth-order valence-electron chi connectivity index (χ4n) is 1.83. The molecule has 0 saturated carbocycles. The van der Waals surface area contributed by atoms with E-state index in [9.17, 15) is 5.26 Å². The Morgan fingerprint density at radius 1 is 1.44 bits per heavy atom. The van der Waals surface area contributed by atoms with Gasteiger partial charge in [-0.25, -0.2) is 0 Å². The fourth-order valence-corrected chi connectivity index (χ4v) is 2.04. The zero-order valence-electron chi connectivity index (χ0n) is 9.60. The minimum absolute atomic E-state index is 0.0167. The van der Waals surface area contributed by atoms with Gasteiger partial charge in [0.2, 0.25) is 0 Å². The second-order valence-electron chi connectivity index (χ2n) is 3.78. The van der Waals surface area contributed by atoms with Crippen molar-refractivity contribution in [2.24, 2.45) is 0 Å². The molecule has 1 aromatic heterocycles. The van der Waals surface area contributed by atoms with Crippen LogP contribution in [0.1, 0.15) is 11.6 Å². The van der Waals surface area contributed by atoms with Crippen molar-refractivity contribution in [3.05, 3.63) is 41.0 Å². The van der Waals surface area contributed by atoms with Gasteiger partial charge in [-0.15, -0.1) is 0 Å². The first-order chi connectivity index (χ1) is 8.77. The third-order valence-corrected chi connectivity index (χ3v) is 2.98. The average molecular weight is 262 g/mol. The van der Waals surface area contributed by atoms with Crippen LogP contribution in [0.5, 0.6) is 0 Å². The van der Waals surface area contributed by atoms with Gasteiger partial charge >= 0.3 is 0 Å². The summed E-state index contributed by atoms with van der Waals surface area (Å²) in [6.45, 7) is 0.340. The summed E-state index contributed by atoms with van der Waals surface area (Å²) in [5.74, 6) is 0. The molecule has 0 aliphatic heterocycles. The summed E-state index contributed by atoms with van der Waals surface area (Å²) in [6.07, 6.45) is 1.67. The maximum absolute atomic E-state index is 9.18. The van der Waals surface area contributed by atoms with E-state index in [2.05, 4.69) is 16.4 Å². The molecule has 0 radical (unpaired) electrons. The molecule has 92 valence electrons. The molecule has 2 rings (SSSR count). The predicted octanol–water partition coefficient (Wildman–Crippen LogP) is 2.03. The minimum atomic E-state index is -0.508. The Morgan fingerprint density at radius 2 is 2.28 bits per heavy atom. The predicted molar refractivity (Wildman–Crippen MR) is 70.2 cm³/mol. The molecule has 0 bridgehead atoms. The molecule has 1 atom stereocenters. The molecule has 0 fully saturated rings.